The summed E-state index contributed by atoms with van der Waals surface area (Å²) in [5.74, 6) is 0. The molecule has 0 bridgehead atoms. The van der Waals surface area contributed by atoms with Crippen LogP contribution in [0.15, 0.2) is 4.81 Å². The molecule has 4 heavy (non-hydrogen) atoms. The number of hydrogen-bond donors (Lipinski definition) is 0. The molecule has 0 spiro atoms. The standard InChI is InChI=1S/B2HNS/c1-3-2-4/h1H. The molecule has 0 fully saturated rings. The van der Waals surface area contributed by atoms with Gasteiger partial charge in [-0.1, -0.05) is 0 Å². The summed E-state index contributed by atoms with van der Waals surface area (Å²) in [6.07, 6.45) is 1.22. The first-order chi connectivity index (χ1) is 1.91. The van der Waals surface area contributed by atoms with Gasteiger partial charge in [0.1, 0.15) is 0 Å². The zero-order valence-corrected chi connectivity index (χ0v) is 2.96. The molecule has 0 N–H and O–H groups in total. The van der Waals surface area contributed by atoms with Gasteiger partial charge < -0.3 is 0 Å². The predicted molar refractivity (Wildman–Crippen MR) is 22.9 cm³/mol. The summed E-state index contributed by atoms with van der Waals surface area (Å²) in [5, 5.41) is 0. The van der Waals surface area contributed by atoms with Gasteiger partial charge in [0.05, 0.1) is 0 Å². The Morgan fingerprint density at radius 2 is 2.25 bits per heavy atom. The number of hydrogen-bond acceptors (Lipinski definition) is 1. The fraction of sp³-hybridized carbons (Fsp3) is 0. The van der Waals surface area contributed by atoms with E-state index in [2.05, 4.69) is 24.5 Å². The van der Waals surface area contributed by atoms with Crippen LogP contribution < -0.4 is 0 Å². The van der Waals surface area contributed by atoms with Crippen molar-refractivity contribution in [1.82, 2.24) is 0 Å². The Labute approximate surface area is 31.7 Å². The second-order valence-electron chi connectivity index (χ2n) is 0.288. The minimum atomic E-state index is 1.22. The summed E-state index contributed by atoms with van der Waals surface area (Å²) in [4.78, 5) is 3.18. The van der Waals surface area contributed by atoms with Gasteiger partial charge in [-0.05, 0) is 0 Å². The van der Waals surface area contributed by atoms with Crippen LogP contribution in [0.3, 0.4) is 0 Å². The molecule has 0 atom stereocenters. The van der Waals surface area contributed by atoms with Gasteiger partial charge in [-0.25, -0.2) is 0 Å². The molecule has 0 aliphatic rings. The average molecular weight is 68.7 g/mol. The third-order valence-electron chi connectivity index (χ3n) is 0.0745. The zero-order chi connectivity index (χ0) is 3.41. The van der Waals surface area contributed by atoms with Gasteiger partial charge in [0.25, 0.3) is 0 Å². The Morgan fingerprint density at radius 3 is 2.25 bits per heavy atom. The molecule has 0 radical (unpaired) electrons. The number of rotatable bonds is 1. The first kappa shape index (κ1) is 4.15. The Kier molecular flexibility index (Phi) is 3.27. The summed E-state index contributed by atoms with van der Waals surface area (Å²) in [6, 6.07) is 0. The topological polar surface area (TPSA) is 12.4 Å². The number of nitrogens with zero attached hydrogens (tertiary/aromatic N) is 1. The van der Waals surface area contributed by atoms with E-state index in [9.17, 15) is 0 Å². The molecule has 0 heterocycles. The Balaban J connectivity index is 2.73. The van der Waals surface area contributed by atoms with Crippen molar-refractivity contribution in [2.24, 2.45) is 4.81 Å². The van der Waals surface area contributed by atoms with Crippen LogP contribution in [0.4, 0.5) is 0 Å². The molecule has 0 aliphatic heterocycles. The fourth-order valence-corrected chi connectivity index (χ4v) is 0. The molecule has 18 valence electrons. The van der Waals surface area contributed by atoms with E-state index in [4.69, 9.17) is 0 Å². The molecule has 4 heteroatoms. The molecule has 0 aromatic rings. The Bertz CT molecular complexity index is 27.0. The molecule has 1 nitrogen and oxygen atoms in total. The molecule has 0 rings (SSSR count). The van der Waals surface area contributed by atoms with Crippen LogP contribution in [0.1, 0.15) is 0 Å². The van der Waals surface area contributed by atoms with Crippen molar-refractivity contribution in [3.63, 3.8) is 0 Å². The Morgan fingerprint density at radius 1 is 2.00 bits per heavy atom. The summed E-state index contributed by atoms with van der Waals surface area (Å²) < 4.78 is 0. The van der Waals surface area contributed by atoms with Crippen LogP contribution in [-0.4, -0.2) is 13.9 Å². The van der Waals surface area contributed by atoms with E-state index in [0.717, 1.165) is 0 Å². The first-order valence-corrected chi connectivity index (χ1v) is 1.28. The zero-order valence-electron chi connectivity index (χ0n) is 2.14. The molecule has 0 aromatic heterocycles. The van der Waals surface area contributed by atoms with Gasteiger partial charge in [0, 0.05) is 0 Å². The summed E-state index contributed by atoms with van der Waals surface area (Å²) in [7, 11) is 3.07. The summed E-state index contributed by atoms with van der Waals surface area (Å²) in [6.45, 7) is 0. The minimum absolute atomic E-state index is 1.22. The van der Waals surface area contributed by atoms with Crippen LogP contribution in [0.2, 0.25) is 0 Å². The van der Waals surface area contributed by atoms with Crippen LogP contribution in [-0.2, 0) is 0 Å². The quantitative estimate of drug-likeness (QED) is 0.388. The van der Waals surface area contributed by atoms with Crippen molar-refractivity contribution in [2.45, 2.75) is 0 Å². The first-order valence-electron chi connectivity index (χ1n) is 0.810. The van der Waals surface area contributed by atoms with E-state index in [1.54, 1.807) is 0 Å². The van der Waals surface area contributed by atoms with Crippen LogP contribution >= 0.6 is 12.1 Å². The van der Waals surface area contributed by atoms with Gasteiger partial charge in [-0.15, -0.1) is 0 Å². The third kappa shape index (κ3) is 2.15. The normalized spacial score (nSPS) is 3.75. The molecule has 0 saturated heterocycles. The van der Waals surface area contributed by atoms with E-state index in [0.29, 0.717) is 0 Å². The van der Waals surface area contributed by atoms with Gasteiger partial charge in [0.15, 0.2) is 0 Å². The average Bonchev–Trinajstić information content (AvgIpc) is 1.37. The van der Waals surface area contributed by atoms with Crippen molar-refractivity contribution >= 4 is 26.0 Å². The van der Waals surface area contributed by atoms with E-state index in [1.165, 1.54) is 6.29 Å². The molecular formula is HB2NS. The maximum absolute atomic E-state index is 4.20. The third-order valence-corrected chi connectivity index (χ3v) is 0.224. The van der Waals surface area contributed by atoms with E-state index < -0.39 is 0 Å². The molecule has 0 aromatic carbocycles. The van der Waals surface area contributed by atoms with Crippen molar-refractivity contribution in [2.75, 3.05) is 0 Å². The second-order valence-corrected chi connectivity index (χ2v) is 0.499. The maximum atomic E-state index is 4.20. The monoisotopic (exact) mass is 69.0 g/mol. The van der Waals surface area contributed by atoms with Crippen molar-refractivity contribution in [3.8, 4) is 0 Å². The van der Waals surface area contributed by atoms with E-state index >= 15 is 0 Å². The molecule has 0 saturated carbocycles. The van der Waals surface area contributed by atoms with Crippen LogP contribution in [0, 0.1) is 0 Å². The van der Waals surface area contributed by atoms with Crippen molar-refractivity contribution in [3.05, 3.63) is 0 Å². The predicted octanol–water partition coefficient (Wildman–Crippen LogP) is -0.198. The van der Waals surface area contributed by atoms with Gasteiger partial charge >= 0.3 is 30.8 Å². The summed E-state index contributed by atoms with van der Waals surface area (Å²) in [5.41, 5.74) is 0. The molecule has 0 unspecified atom stereocenters. The van der Waals surface area contributed by atoms with Crippen LogP contribution in [0.5, 0.6) is 0 Å². The fourth-order valence-electron chi connectivity index (χ4n) is 0. The van der Waals surface area contributed by atoms with Gasteiger partial charge in [-0.3, -0.25) is 0 Å². The van der Waals surface area contributed by atoms with Crippen LogP contribution in [0.25, 0.3) is 0 Å². The van der Waals surface area contributed by atoms with Gasteiger partial charge in [0.2, 0.25) is 0 Å². The van der Waals surface area contributed by atoms with E-state index in [-0.39, 0.29) is 0 Å². The second kappa shape index (κ2) is 3.15. The van der Waals surface area contributed by atoms with Gasteiger partial charge in [-0.2, -0.15) is 0 Å². The van der Waals surface area contributed by atoms with E-state index in [1.807, 2.05) is 0 Å². The molecule has 0 amide bonds. The SMILES string of the molecule is B=NB=S. The molecular weight excluding hydrogens is 67.7 g/mol. The van der Waals surface area contributed by atoms with Crippen molar-refractivity contribution in [1.29, 1.82) is 0 Å². The van der Waals surface area contributed by atoms with Crippen molar-refractivity contribution < 1.29 is 0 Å². The summed E-state index contributed by atoms with van der Waals surface area (Å²) >= 11 is 4.20. The molecule has 0 aliphatic carbocycles. The Hall–Kier alpha value is 0.150.